The maximum Gasteiger partial charge on any atom is 0.371 e. The van der Waals surface area contributed by atoms with Crippen molar-refractivity contribution in [1.29, 1.82) is 0 Å². The van der Waals surface area contributed by atoms with E-state index in [2.05, 4.69) is 5.32 Å². The number of nitrogens with zero attached hydrogens (tertiary/aromatic N) is 1. The minimum absolute atomic E-state index is 0.136. The Morgan fingerprint density at radius 2 is 2.04 bits per heavy atom. The van der Waals surface area contributed by atoms with Gasteiger partial charge in [-0.3, -0.25) is 9.69 Å². The number of rotatable bonds is 3. The number of carboxylic acid groups (broad SMARTS) is 1. The number of benzene rings is 1. The number of urea groups is 1. The van der Waals surface area contributed by atoms with Crippen LogP contribution < -0.4 is 10.1 Å². The summed E-state index contributed by atoms with van der Waals surface area (Å²) in [7, 11) is 0. The van der Waals surface area contributed by atoms with E-state index in [0.29, 0.717) is 24.3 Å². The summed E-state index contributed by atoms with van der Waals surface area (Å²) in [5.41, 5.74) is -0.540. The molecule has 2 aliphatic rings. The first-order chi connectivity index (χ1) is 12.0. The number of furan rings is 1. The summed E-state index contributed by atoms with van der Waals surface area (Å²) in [6, 6.07) is 9.27. The number of carbonyl (C=O) groups excluding carboxylic acids is 2. The minimum Gasteiger partial charge on any atom is -0.493 e. The second-order valence-electron chi connectivity index (χ2n) is 5.89. The van der Waals surface area contributed by atoms with Gasteiger partial charge in [-0.1, -0.05) is 18.2 Å². The molecule has 2 N–H and O–H groups in total. The number of imide groups is 1. The topological polar surface area (TPSA) is 109 Å². The number of aromatic carboxylic acids is 1. The first-order valence-corrected chi connectivity index (χ1v) is 7.70. The van der Waals surface area contributed by atoms with Gasteiger partial charge in [0.2, 0.25) is 5.76 Å². The van der Waals surface area contributed by atoms with Gasteiger partial charge in [0.1, 0.15) is 11.5 Å². The molecule has 2 aromatic rings. The highest BCUT2D eigenvalue weighted by Crippen LogP contribution is 2.41. The van der Waals surface area contributed by atoms with Crippen molar-refractivity contribution in [3.63, 3.8) is 0 Å². The third-order valence-corrected chi connectivity index (χ3v) is 4.44. The average molecular weight is 342 g/mol. The molecule has 2 aliphatic heterocycles. The summed E-state index contributed by atoms with van der Waals surface area (Å²) < 4.78 is 10.7. The van der Waals surface area contributed by atoms with E-state index in [4.69, 9.17) is 14.3 Å². The molecule has 3 heterocycles. The van der Waals surface area contributed by atoms with Gasteiger partial charge in [-0.2, -0.15) is 0 Å². The molecule has 0 aliphatic carbocycles. The van der Waals surface area contributed by atoms with Gasteiger partial charge >= 0.3 is 12.0 Å². The first-order valence-electron chi connectivity index (χ1n) is 7.70. The molecule has 1 unspecified atom stereocenters. The standard InChI is InChI=1S/C17H14N2O6/c20-14(21)13-6-5-10(25-13)9-19-15(22)17(18-16(19)23)7-8-24-12-4-2-1-3-11(12)17/h1-6H,7-9H2,(H,18,23)(H,20,21). The van der Waals surface area contributed by atoms with Crippen LogP contribution in [-0.2, 0) is 16.9 Å². The predicted molar refractivity (Wildman–Crippen MR) is 83.0 cm³/mol. The van der Waals surface area contributed by atoms with E-state index in [1.165, 1.54) is 12.1 Å². The van der Waals surface area contributed by atoms with E-state index >= 15 is 0 Å². The summed E-state index contributed by atoms with van der Waals surface area (Å²) in [6.07, 6.45) is 0.323. The van der Waals surface area contributed by atoms with Gasteiger partial charge in [0.05, 0.1) is 13.2 Å². The highest BCUT2D eigenvalue weighted by atomic mass is 16.5. The van der Waals surface area contributed by atoms with Crippen LogP contribution in [0.5, 0.6) is 5.75 Å². The number of amides is 3. The zero-order valence-corrected chi connectivity index (χ0v) is 13.0. The SMILES string of the molecule is O=C(O)c1ccc(CN2C(=O)NC3(CCOc4ccccc43)C2=O)o1. The third kappa shape index (κ3) is 2.25. The molecule has 0 radical (unpaired) electrons. The van der Waals surface area contributed by atoms with Crippen LogP contribution in [0.1, 0.15) is 28.3 Å². The fourth-order valence-electron chi connectivity index (χ4n) is 3.25. The number of carbonyl (C=O) groups is 3. The Kier molecular flexibility index (Phi) is 3.28. The highest BCUT2D eigenvalue weighted by Gasteiger charge is 2.54. The van der Waals surface area contributed by atoms with Crippen molar-refractivity contribution in [2.24, 2.45) is 0 Å². The number of hydrogen-bond donors (Lipinski definition) is 2. The van der Waals surface area contributed by atoms with Crippen LogP contribution in [0.15, 0.2) is 40.8 Å². The Morgan fingerprint density at radius 3 is 2.80 bits per heavy atom. The summed E-state index contributed by atoms with van der Waals surface area (Å²) in [4.78, 5) is 37.4. The van der Waals surface area contributed by atoms with E-state index in [1.807, 2.05) is 0 Å². The molecule has 0 saturated carbocycles. The van der Waals surface area contributed by atoms with Crippen molar-refractivity contribution in [3.8, 4) is 5.75 Å². The lowest BCUT2D eigenvalue weighted by Crippen LogP contribution is -2.47. The van der Waals surface area contributed by atoms with Gasteiger partial charge in [0.25, 0.3) is 5.91 Å². The summed E-state index contributed by atoms with van der Waals surface area (Å²) in [5.74, 6) is -1.07. The summed E-state index contributed by atoms with van der Waals surface area (Å²) >= 11 is 0. The molecular weight excluding hydrogens is 328 g/mol. The number of hydrogen-bond acceptors (Lipinski definition) is 5. The van der Waals surface area contributed by atoms with E-state index in [-0.39, 0.29) is 18.1 Å². The molecule has 1 spiro atoms. The highest BCUT2D eigenvalue weighted by molar-refractivity contribution is 6.07. The quantitative estimate of drug-likeness (QED) is 0.822. The van der Waals surface area contributed by atoms with Crippen LogP contribution >= 0.6 is 0 Å². The Balaban J connectivity index is 1.66. The van der Waals surface area contributed by atoms with E-state index < -0.39 is 23.4 Å². The zero-order valence-electron chi connectivity index (χ0n) is 13.0. The molecule has 128 valence electrons. The molecule has 8 heteroatoms. The van der Waals surface area contributed by atoms with Crippen molar-refractivity contribution in [3.05, 3.63) is 53.5 Å². The normalized spacial score (nSPS) is 21.8. The van der Waals surface area contributed by atoms with Crippen molar-refractivity contribution in [2.45, 2.75) is 18.5 Å². The smallest absolute Gasteiger partial charge is 0.371 e. The monoisotopic (exact) mass is 342 g/mol. The summed E-state index contributed by atoms with van der Waals surface area (Å²) in [6.45, 7) is 0.170. The molecule has 1 saturated heterocycles. The fraction of sp³-hybridized carbons (Fsp3) is 0.235. The molecule has 1 atom stereocenters. The van der Waals surface area contributed by atoms with Gasteiger partial charge in [0, 0.05) is 12.0 Å². The lowest BCUT2D eigenvalue weighted by molar-refractivity contribution is -0.133. The molecule has 4 rings (SSSR count). The van der Waals surface area contributed by atoms with Crippen molar-refractivity contribution >= 4 is 17.9 Å². The summed E-state index contributed by atoms with van der Waals surface area (Å²) in [5, 5.41) is 11.7. The lowest BCUT2D eigenvalue weighted by Gasteiger charge is -2.33. The lowest BCUT2D eigenvalue weighted by atomic mass is 9.84. The molecule has 1 aromatic heterocycles. The van der Waals surface area contributed by atoms with Crippen LogP contribution in [0.25, 0.3) is 0 Å². The van der Waals surface area contributed by atoms with Crippen LogP contribution in [-0.4, -0.2) is 34.5 Å². The second kappa shape index (κ2) is 5.37. The first kappa shape index (κ1) is 15.3. The Morgan fingerprint density at radius 1 is 1.24 bits per heavy atom. The molecule has 0 bridgehead atoms. The maximum absolute atomic E-state index is 13.0. The molecule has 1 aromatic carbocycles. The van der Waals surface area contributed by atoms with E-state index in [9.17, 15) is 14.4 Å². The largest absolute Gasteiger partial charge is 0.493 e. The fourth-order valence-corrected chi connectivity index (χ4v) is 3.25. The number of carboxylic acids is 1. The van der Waals surface area contributed by atoms with Gasteiger partial charge in [-0.05, 0) is 18.2 Å². The van der Waals surface area contributed by atoms with Crippen LogP contribution in [0.3, 0.4) is 0 Å². The Labute approximate surface area is 142 Å². The molecular formula is C17H14N2O6. The van der Waals surface area contributed by atoms with Gasteiger partial charge in [0.15, 0.2) is 5.54 Å². The molecule has 8 nitrogen and oxygen atoms in total. The Bertz CT molecular complexity index is 889. The van der Waals surface area contributed by atoms with Crippen LogP contribution in [0, 0.1) is 0 Å². The number of nitrogens with one attached hydrogen (secondary N) is 1. The van der Waals surface area contributed by atoms with Crippen molar-refractivity contribution in [2.75, 3.05) is 6.61 Å². The molecule has 1 fully saturated rings. The van der Waals surface area contributed by atoms with E-state index in [1.54, 1.807) is 24.3 Å². The Hall–Kier alpha value is -3.29. The maximum atomic E-state index is 13.0. The number of para-hydroxylation sites is 1. The van der Waals surface area contributed by atoms with Crippen LogP contribution in [0.4, 0.5) is 4.79 Å². The molecule has 3 amide bonds. The average Bonchev–Trinajstić information content (AvgIpc) is 3.16. The van der Waals surface area contributed by atoms with Crippen LogP contribution in [0.2, 0.25) is 0 Å². The van der Waals surface area contributed by atoms with Gasteiger partial charge in [-0.25, -0.2) is 9.59 Å². The third-order valence-electron chi connectivity index (χ3n) is 4.44. The van der Waals surface area contributed by atoms with E-state index in [0.717, 1.165) is 4.90 Å². The number of fused-ring (bicyclic) bond motifs is 2. The molecule has 25 heavy (non-hydrogen) atoms. The minimum atomic E-state index is -1.21. The van der Waals surface area contributed by atoms with Crippen molar-refractivity contribution < 1.29 is 28.6 Å². The second-order valence-corrected chi connectivity index (χ2v) is 5.89. The van der Waals surface area contributed by atoms with Crippen molar-refractivity contribution in [1.82, 2.24) is 10.2 Å². The predicted octanol–water partition coefficient (Wildman–Crippen LogP) is 1.71. The number of ether oxygens (including phenoxy) is 1. The zero-order chi connectivity index (χ0) is 17.6. The van der Waals surface area contributed by atoms with Gasteiger partial charge < -0.3 is 19.6 Å². The van der Waals surface area contributed by atoms with Gasteiger partial charge in [-0.15, -0.1) is 0 Å².